The topological polar surface area (TPSA) is 93.7 Å². The molecule has 0 aliphatic heterocycles. The molecule has 0 aliphatic rings. The van der Waals surface area contributed by atoms with Crippen molar-refractivity contribution in [2.45, 2.75) is 31.6 Å². The van der Waals surface area contributed by atoms with Crippen molar-refractivity contribution in [3.8, 4) is 11.5 Å². The molecule has 2 N–H and O–H groups in total. The van der Waals surface area contributed by atoms with Crippen molar-refractivity contribution in [2.75, 3.05) is 23.8 Å². The van der Waals surface area contributed by atoms with Crippen molar-refractivity contribution in [3.05, 3.63) is 76.8 Å². The van der Waals surface area contributed by atoms with E-state index in [2.05, 4.69) is 23.9 Å². The van der Waals surface area contributed by atoms with E-state index in [-0.39, 0.29) is 34.1 Å². The summed E-state index contributed by atoms with van der Waals surface area (Å²) in [6, 6.07) is 16.4. The molecule has 9 heteroatoms. The molecule has 3 aromatic rings. The second kappa shape index (κ2) is 10.8. The Bertz CT molecular complexity index is 1270. The number of rotatable bonds is 9. The van der Waals surface area contributed by atoms with Crippen molar-refractivity contribution < 1.29 is 22.7 Å². The number of anilines is 2. The van der Waals surface area contributed by atoms with E-state index in [1.54, 1.807) is 24.3 Å². The molecule has 3 aromatic carbocycles. The minimum Gasteiger partial charge on any atom is -0.497 e. The quantitative estimate of drug-likeness (QED) is 0.397. The highest BCUT2D eigenvalue weighted by Crippen LogP contribution is 2.30. The van der Waals surface area contributed by atoms with E-state index in [4.69, 9.17) is 21.1 Å². The van der Waals surface area contributed by atoms with Crippen molar-refractivity contribution in [3.63, 3.8) is 0 Å². The molecule has 0 spiro atoms. The Morgan fingerprint density at radius 3 is 2.38 bits per heavy atom. The number of hydrogen-bond donors (Lipinski definition) is 2. The number of nitrogens with one attached hydrogen (secondary N) is 2. The van der Waals surface area contributed by atoms with E-state index in [1.165, 1.54) is 25.3 Å². The van der Waals surface area contributed by atoms with Crippen LogP contribution in [0.1, 0.15) is 30.9 Å². The van der Waals surface area contributed by atoms with Crippen molar-refractivity contribution in [2.24, 2.45) is 0 Å². The van der Waals surface area contributed by atoms with Gasteiger partial charge >= 0.3 is 0 Å². The summed E-state index contributed by atoms with van der Waals surface area (Å²) >= 11 is 6.25. The van der Waals surface area contributed by atoms with Crippen LogP contribution in [0.15, 0.2) is 65.6 Å². The minimum atomic E-state index is -3.87. The second-order valence-electron chi connectivity index (χ2n) is 7.96. The Morgan fingerprint density at radius 2 is 1.76 bits per heavy atom. The molecule has 0 atom stereocenters. The highest BCUT2D eigenvalue weighted by Gasteiger charge is 2.18. The second-order valence-corrected chi connectivity index (χ2v) is 10.0. The molecule has 7 nitrogen and oxygen atoms in total. The molecule has 1 amide bonds. The van der Waals surface area contributed by atoms with Gasteiger partial charge < -0.3 is 14.8 Å². The summed E-state index contributed by atoms with van der Waals surface area (Å²) in [4.78, 5) is 12.5. The first-order chi connectivity index (χ1) is 16.1. The predicted molar refractivity (Wildman–Crippen MR) is 135 cm³/mol. The molecule has 0 fully saturated rings. The number of sulfonamides is 1. The van der Waals surface area contributed by atoms with Gasteiger partial charge in [-0.2, -0.15) is 0 Å². The number of carbonyl (C=O) groups excluding carboxylic acids is 1. The van der Waals surface area contributed by atoms with Crippen molar-refractivity contribution in [1.29, 1.82) is 0 Å². The molecular formula is C25H27ClN2O5S. The van der Waals surface area contributed by atoms with Gasteiger partial charge in [0.05, 0.1) is 17.0 Å². The van der Waals surface area contributed by atoms with Crippen LogP contribution in [0.4, 0.5) is 11.4 Å². The van der Waals surface area contributed by atoms with Gasteiger partial charge in [-0.25, -0.2) is 8.42 Å². The number of halogens is 1. The maximum absolute atomic E-state index is 12.7. The molecule has 0 unspecified atom stereocenters. The van der Waals surface area contributed by atoms with Crippen LogP contribution in [0, 0.1) is 6.92 Å². The highest BCUT2D eigenvalue weighted by molar-refractivity contribution is 7.92. The molecule has 0 radical (unpaired) electrons. The summed E-state index contributed by atoms with van der Waals surface area (Å²) in [6.45, 7) is 5.76. The Hall–Kier alpha value is -3.23. The average Bonchev–Trinajstić information content (AvgIpc) is 2.79. The van der Waals surface area contributed by atoms with Crippen molar-refractivity contribution >= 4 is 38.9 Å². The van der Waals surface area contributed by atoms with Crippen LogP contribution in [-0.2, 0) is 14.8 Å². The van der Waals surface area contributed by atoms with Gasteiger partial charge in [0.2, 0.25) is 0 Å². The number of ether oxygens (including phenoxy) is 2. The van der Waals surface area contributed by atoms with Crippen LogP contribution >= 0.6 is 11.6 Å². The van der Waals surface area contributed by atoms with E-state index >= 15 is 0 Å². The Balaban J connectivity index is 1.67. The first-order valence-corrected chi connectivity index (χ1v) is 12.5. The van der Waals surface area contributed by atoms with Gasteiger partial charge in [0, 0.05) is 11.4 Å². The molecule has 180 valence electrons. The molecule has 0 saturated heterocycles. The summed E-state index contributed by atoms with van der Waals surface area (Å²) in [5.41, 5.74) is 3.14. The number of hydrogen-bond acceptors (Lipinski definition) is 5. The summed E-state index contributed by atoms with van der Waals surface area (Å²) in [6.07, 6.45) is 0. The zero-order chi connectivity index (χ0) is 24.9. The number of methoxy groups -OCH3 is 1. The summed E-state index contributed by atoms with van der Waals surface area (Å²) in [5, 5.41) is 2.97. The summed E-state index contributed by atoms with van der Waals surface area (Å²) in [7, 11) is -2.34. The van der Waals surface area contributed by atoms with Gasteiger partial charge in [-0.1, -0.05) is 43.6 Å². The zero-order valence-electron chi connectivity index (χ0n) is 19.4. The Kier molecular flexibility index (Phi) is 8.06. The lowest BCUT2D eigenvalue weighted by molar-refractivity contribution is -0.118. The molecule has 0 aliphatic carbocycles. The monoisotopic (exact) mass is 502 g/mol. The zero-order valence-corrected chi connectivity index (χ0v) is 21.0. The van der Waals surface area contributed by atoms with Crippen LogP contribution in [0.5, 0.6) is 11.5 Å². The van der Waals surface area contributed by atoms with Gasteiger partial charge in [0.25, 0.3) is 15.9 Å². The Morgan fingerprint density at radius 1 is 1.06 bits per heavy atom. The normalized spacial score (nSPS) is 11.2. The largest absolute Gasteiger partial charge is 0.497 e. The number of aryl methyl sites for hydroxylation is 1. The minimum absolute atomic E-state index is 0.0356. The SMILES string of the molecule is COc1ccc(NS(=O)(=O)c2ccc(OCC(=O)Nc3c(C)cccc3C(C)C)c(Cl)c2)cc1. The van der Waals surface area contributed by atoms with Gasteiger partial charge in [-0.05, 0) is 66.4 Å². The lowest BCUT2D eigenvalue weighted by Gasteiger charge is -2.17. The first-order valence-electron chi connectivity index (χ1n) is 10.6. The van der Waals surface area contributed by atoms with Crippen molar-refractivity contribution in [1.82, 2.24) is 0 Å². The van der Waals surface area contributed by atoms with Crippen LogP contribution in [0.2, 0.25) is 5.02 Å². The molecular weight excluding hydrogens is 476 g/mol. The number of benzene rings is 3. The van der Waals surface area contributed by atoms with E-state index in [0.717, 1.165) is 16.8 Å². The smallest absolute Gasteiger partial charge is 0.262 e. The first kappa shape index (κ1) is 25.4. The third kappa shape index (κ3) is 6.21. The van der Waals surface area contributed by atoms with Gasteiger partial charge in [-0.15, -0.1) is 0 Å². The van der Waals surface area contributed by atoms with Crippen LogP contribution in [0.25, 0.3) is 0 Å². The molecule has 0 heterocycles. The lowest BCUT2D eigenvalue weighted by Crippen LogP contribution is -2.22. The summed E-state index contributed by atoms with van der Waals surface area (Å²) in [5.74, 6) is 0.713. The molecule has 3 rings (SSSR count). The fourth-order valence-electron chi connectivity index (χ4n) is 3.30. The Labute approximate surface area is 205 Å². The van der Waals surface area contributed by atoms with Gasteiger partial charge in [-0.3, -0.25) is 9.52 Å². The van der Waals surface area contributed by atoms with Gasteiger partial charge in [0.15, 0.2) is 6.61 Å². The highest BCUT2D eigenvalue weighted by atomic mass is 35.5. The lowest BCUT2D eigenvalue weighted by atomic mass is 9.98. The maximum Gasteiger partial charge on any atom is 0.262 e. The molecule has 0 aromatic heterocycles. The fourth-order valence-corrected chi connectivity index (χ4v) is 4.68. The average molecular weight is 503 g/mol. The molecule has 34 heavy (non-hydrogen) atoms. The van der Waals surface area contributed by atoms with Crippen LogP contribution in [0.3, 0.4) is 0 Å². The van der Waals surface area contributed by atoms with E-state index < -0.39 is 10.0 Å². The van der Waals surface area contributed by atoms with E-state index in [9.17, 15) is 13.2 Å². The number of amides is 1. The molecule has 0 bridgehead atoms. The predicted octanol–water partition coefficient (Wildman–Crippen LogP) is 5.60. The summed E-state index contributed by atoms with van der Waals surface area (Å²) < 4.78 is 38.5. The third-order valence-electron chi connectivity index (χ3n) is 5.11. The van der Waals surface area contributed by atoms with Crippen LogP contribution < -0.4 is 19.5 Å². The maximum atomic E-state index is 12.7. The third-order valence-corrected chi connectivity index (χ3v) is 6.78. The van der Waals surface area contributed by atoms with E-state index in [0.29, 0.717) is 11.4 Å². The fraction of sp³-hybridized carbons (Fsp3) is 0.240. The molecule has 0 saturated carbocycles. The number of carbonyl (C=O) groups is 1. The standard InChI is InChI=1S/C25H27ClN2O5S/c1-16(2)21-7-5-6-17(3)25(21)27-24(29)15-33-23-13-12-20(14-22(23)26)34(30,31)28-18-8-10-19(32-4)11-9-18/h5-14,16,28H,15H2,1-4H3,(H,27,29). The number of para-hydroxylation sites is 1. The van der Waals surface area contributed by atoms with Gasteiger partial charge in [0.1, 0.15) is 11.5 Å². The van der Waals surface area contributed by atoms with E-state index in [1.807, 2.05) is 25.1 Å². The van der Waals surface area contributed by atoms with Crippen LogP contribution in [-0.4, -0.2) is 28.0 Å².